The van der Waals surface area contributed by atoms with Gasteiger partial charge in [-0.2, -0.15) is 0 Å². The molecular formula is C16H22N2S. The van der Waals surface area contributed by atoms with Crippen LogP contribution in [0.5, 0.6) is 0 Å². The monoisotopic (exact) mass is 274 g/mol. The number of nitrogen functional groups attached to an aromatic ring is 1. The summed E-state index contributed by atoms with van der Waals surface area (Å²) in [4.78, 5) is 3.90. The Balaban J connectivity index is 2.09. The van der Waals surface area contributed by atoms with E-state index in [0.29, 0.717) is 6.04 Å². The molecule has 2 N–H and O–H groups in total. The Morgan fingerprint density at radius 3 is 2.58 bits per heavy atom. The molecule has 2 nitrogen and oxygen atoms in total. The maximum Gasteiger partial charge on any atom is 0.0343 e. The second-order valence-electron chi connectivity index (χ2n) is 5.27. The molecule has 0 unspecified atom stereocenters. The van der Waals surface area contributed by atoms with E-state index in [1.165, 1.54) is 10.4 Å². The minimum absolute atomic E-state index is 0.528. The fourth-order valence-corrected chi connectivity index (χ4v) is 2.82. The molecule has 0 aliphatic rings. The molecule has 3 heteroatoms. The molecule has 0 aliphatic carbocycles. The van der Waals surface area contributed by atoms with Crippen molar-refractivity contribution in [2.24, 2.45) is 0 Å². The lowest BCUT2D eigenvalue weighted by Gasteiger charge is -2.26. The molecular weight excluding hydrogens is 252 g/mol. The van der Waals surface area contributed by atoms with E-state index >= 15 is 0 Å². The van der Waals surface area contributed by atoms with Gasteiger partial charge in [0.2, 0.25) is 0 Å². The molecule has 2 rings (SSSR count). The van der Waals surface area contributed by atoms with Gasteiger partial charge in [-0.25, -0.2) is 0 Å². The SMILES string of the molecule is Cc1cc(CN(Cc2cccs2)C(C)C)ccc1N. The summed E-state index contributed by atoms with van der Waals surface area (Å²) in [5, 5.41) is 2.14. The average Bonchev–Trinajstić information content (AvgIpc) is 2.86. The zero-order valence-electron chi connectivity index (χ0n) is 11.9. The molecule has 2 aromatic rings. The highest BCUT2D eigenvalue weighted by Gasteiger charge is 2.11. The zero-order chi connectivity index (χ0) is 13.8. The molecule has 102 valence electrons. The number of rotatable bonds is 5. The Hall–Kier alpha value is -1.32. The Bertz CT molecular complexity index is 518. The van der Waals surface area contributed by atoms with Crippen LogP contribution in [0.4, 0.5) is 5.69 Å². The summed E-state index contributed by atoms with van der Waals surface area (Å²) in [7, 11) is 0. The summed E-state index contributed by atoms with van der Waals surface area (Å²) in [6, 6.07) is 11.2. The van der Waals surface area contributed by atoms with Crippen molar-refractivity contribution in [1.82, 2.24) is 4.90 Å². The molecule has 0 atom stereocenters. The van der Waals surface area contributed by atoms with E-state index < -0.39 is 0 Å². The summed E-state index contributed by atoms with van der Waals surface area (Å²) >= 11 is 1.82. The van der Waals surface area contributed by atoms with Crippen molar-refractivity contribution in [2.45, 2.75) is 39.9 Å². The number of benzene rings is 1. The number of aryl methyl sites for hydroxylation is 1. The van der Waals surface area contributed by atoms with Gasteiger partial charge >= 0.3 is 0 Å². The quantitative estimate of drug-likeness (QED) is 0.833. The van der Waals surface area contributed by atoms with Crippen molar-refractivity contribution in [2.75, 3.05) is 5.73 Å². The van der Waals surface area contributed by atoms with Crippen LogP contribution >= 0.6 is 11.3 Å². The fourth-order valence-electron chi connectivity index (χ4n) is 2.09. The lowest BCUT2D eigenvalue weighted by atomic mass is 10.1. The Morgan fingerprint density at radius 1 is 1.21 bits per heavy atom. The smallest absolute Gasteiger partial charge is 0.0343 e. The van der Waals surface area contributed by atoms with Crippen LogP contribution < -0.4 is 5.73 Å². The molecule has 1 heterocycles. The fraction of sp³-hybridized carbons (Fsp3) is 0.375. The third kappa shape index (κ3) is 3.82. The van der Waals surface area contributed by atoms with Gasteiger partial charge in [0.1, 0.15) is 0 Å². The predicted molar refractivity (Wildman–Crippen MR) is 84.3 cm³/mol. The highest BCUT2D eigenvalue weighted by atomic mass is 32.1. The molecule has 0 fully saturated rings. The van der Waals surface area contributed by atoms with Crippen LogP contribution in [0.25, 0.3) is 0 Å². The number of anilines is 1. The topological polar surface area (TPSA) is 29.3 Å². The van der Waals surface area contributed by atoms with Gasteiger partial charge in [0.25, 0.3) is 0 Å². The molecule has 0 saturated carbocycles. The van der Waals surface area contributed by atoms with E-state index in [-0.39, 0.29) is 0 Å². The minimum Gasteiger partial charge on any atom is -0.399 e. The average molecular weight is 274 g/mol. The van der Waals surface area contributed by atoms with E-state index in [9.17, 15) is 0 Å². The lowest BCUT2D eigenvalue weighted by Crippen LogP contribution is -2.29. The standard InChI is InChI=1S/C16H22N2S/c1-12(2)18(11-15-5-4-8-19-15)10-14-6-7-16(17)13(3)9-14/h4-9,12H,10-11,17H2,1-3H3. The number of nitrogens with zero attached hydrogens (tertiary/aromatic N) is 1. The van der Waals surface area contributed by atoms with Gasteiger partial charge in [0.05, 0.1) is 0 Å². The number of hydrogen-bond acceptors (Lipinski definition) is 3. The van der Waals surface area contributed by atoms with Gasteiger partial charge < -0.3 is 5.73 Å². The second kappa shape index (κ2) is 6.22. The van der Waals surface area contributed by atoms with E-state index in [0.717, 1.165) is 24.3 Å². The van der Waals surface area contributed by atoms with Gasteiger partial charge in [0.15, 0.2) is 0 Å². The first-order valence-corrected chi connectivity index (χ1v) is 7.55. The van der Waals surface area contributed by atoms with E-state index in [1.807, 2.05) is 17.4 Å². The molecule has 1 aromatic carbocycles. The first-order chi connectivity index (χ1) is 9.06. The molecule has 0 spiro atoms. The van der Waals surface area contributed by atoms with Crippen molar-refractivity contribution in [3.63, 3.8) is 0 Å². The van der Waals surface area contributed by atoms with Crippen molar-refractivity contribution in [3.05, 3.63) is 51.7 Å². The first kappa shape index (κ1) is 14.1. The maximum absolute atomic E-state index is 5.88. The van der Waals surface area contributed by atoms with E-state index in [2.05, 4.69) is 55.3 Å². The van der Waals surface area contributed by atoms with Gasteiger partial charge in [-0.15, -0.1) is 11.3 Å². The second-order valence-corrected chi connectivity index (χ2v) is 6.30. The largest absolute Gasteiger partial charge is 0.399 e. The highest BCUT2D eigenvalue weighted by molar-refractivity contribution is 7.09. The Labute approximate surface area is 119 Å². The van der Waals surface area contributed by atoms with Gasteiger partial charge in [0, 0.05) is 29.7 Å². The first-order valence-electron chi connectivity index (χ1n) is 6.67. The molecule has 0 saturated heterocycles. The molecule has 19 heavy (non-hydrogen) atoms. The minimum atomic E-state index is 0.528. The summed E-state index contributed by atoms with van der Waals surface area (Å²) in [5.74, 6) is 0. The van der Waals surface area contributed by atoms with Crippen molar-refractivity contribution < 1.29 is 0 Å². The van der Waals surface area contributed by atoms with Gasteiger partial charge in [-0.3, -0.25) is 4.90 Å². The normalized spacial score (nSPS) is 11.4. The summed E-state index contributed by atoms with van der Waals surface area (Å²) < 4.78 is 0. The zero-order valence-corrected chi connectivity index (χ0v) is 12.7. The highest BCUT2D eigenvalue weighted by Crippen LogP contribution is 2.19. The Kier molecular flexibility index (Phi) is 4.61. The molecule has 0 aliphatic heterocycles. The number of thiophene rings is 1. The molecule has 0 amide bonds. The third-order valence-electron chi connectivity index (χ3n) is 3.39. The van der Waals surface area contributed by atoms with E-state index in [1.54, 1.807) is 0 Å². The molecule has 0 bridgehead atoms. The number of nitrogens with two attached hydrogens (primary N) is 1. The van der Waals surface area contributed by atoms with Gasteiger partial charge in [-0.05, 0) is 49.4 Å². The predicted octanol–water partition coefficient (Wildman–Crippen LogP) is 4.05. The van der Waals surface area contributed by atoms with Crippen molar-refractivity contribution in [3.8, 4) is 0 Å². The molecule has 0 radical (unpaired) electrons. The van der Waals surface area contributed by atoms with Crippen LogP contribution in [0.2, 0.25) is 0 Å². The van der Waals surface area contributed by atoms with Crippen LogP contribution in [0.15, 0.2) is 35.7 Å². The third-order valence-corrected chi connectivity index (χ3v) is 4.25. The maximum atomic E-state index is 5.88. The van der Waals surface area contributed by atoms with Crippen LogP contribution in [0, 0.1) is 6.92 Å². The number of hydrogen-bond donors (Lipinski definition) is 1. The van der Waals surface area contributed by atoms with Crippen LogP contribution in [-0.4, -0.2) is 10.9 Å². The van der Waals surface area contributed by atoms with Crippen LogP contribution in [0.3, 0.4) is 0 Å². The van der Waals surface area contributed by atoms with Crippen LogP contribution in [0.1, 0.15) is 29.9 Å². The van der Waals surface area contributed by atoms with E-state index in [4.69, 9.17) is 5.73 Å². The van der Waals surface area contributed by atoms with Crippen molar-refractivity contribution in [1.29, 1.82) is 0 Å². The van der Waals surface area contributed by atoms with Gasteiger partial charge in [-0.1, -0.05) is 18.2 Å². The Morgan fingerprint density at radius 2 is 2.00 bits per heavy atom. The lowest BCUT2D eigenvalue weighted by molar-refractivity contribution is 0.205. The summed E-state index contributed by atoms with van der Waals surface area (Å²) in [5.41, 5.74) is 9.25. The summed E-state index contributed by atoms with van der Waals surface area (Å²) in [6.07, 6.45) is 0. The van der Waals surface area contributed by atoms with Crippen molar-refractivity contribution >= 4 is 17.0 Å². The molecule has 1 aromatic heterocycles. The van der Waals surface area contributed by atoms with Crippen LogP contribution in [-0.2, 0) is 13.1 Å². The summed E-state index contributed by atoms with van der Waals surface area (Å²) in [6.45, 7) is 8.54.